The van der Waals surface area contributed by atoms with Gasteiger partial charge in [0, 0.05) is 50.6 Å². The van der Waals surface area contributed by atoms with Gasteiger partial charge in [0.2, 0.25) is 11.8 Å². The summed E-state index contributed by atoms with van der Waals surface area (Å²) in [7, 11) is 0. The van der Waals surface area contributed by atoms with Crippen molar-refractivity contribution in [2.24, 2.45) is 11.8 Å². The summed E-state index contributed by atoms with van der Waals surface area (Å²) in [6.07, 6.45) is 7.38. The van der Waals surface area contributed by atoms with Crippen molar-refractivity contribution in [1.29, 1.82) is 0 Å². The molecule has 2 aromatic carbocycles. The van der Waals surface area contributed by atoms with Crippen molar-refractivity contribution in [2.45, 2.75) is 63.4 Å². The number of carbonyl (C=O) groups excluding carboxylic acids is 4. The molecule has 49 heavy (non-hydrogen) atoms. The van der Waals surface area contributed by atoms with Gasteiger partial charge in [-0.05, 0) is 62.9 Å². The van der Waals surface area contributed by atoms with Crippen molar-refractivity contribution < 1.29 is 33.8 Å². The Morgan fingerprint density at radius 1 is 0.959 bits per heavy atom. The van der Waals surface area contributed by atoms with Crippen LogP contribution in [0.2, 0.25) is 0 Å². The second-order valence-electron chi connectivity index (χ2n) is 13.0. The van der Waals surface area contributed by atoms with Crippen molar-refractivity contribution in [3.05, 3.63) is 84.5 Å². The number of aliphatic hydroxyl groups excluding tert-OH is 1. The summed E-state index contributed by atoms with van der Waals surface area (Å²) in [6.45, 7) is 6.31. The molecule has 2 saturated heterocycles. The minimum Gasteiger partial charge on any atom is -0.455 e. The third-order valence-corrected chi connectivity index (χ3v) is 10.2. The number of amides is 3. The van der Waals surface area contributed by atoms with Crippen LogP contribution in [-0.4, -0.2) is 90.8 Å². The van der Waals surface area contributed by atoms with E-state index in [-0.39, 0.29) is 50.4 Å². The fourth-order valence-corrected chi connectivity index (χ4v) is 7.67. The number of cyclic esters (lactones) is 1. The molecule has 2 N–H and O–H groups in total. The molecule has 1 spiro atoms. The number of fused-ring (bicyclic) bond motifs is 2. The van der Waals surface area contributed by atoms with Crippen LogP contribution in [0.25, 0.3) is 0 Å². The first-order valence-corrected chi connectivity index (χ1v) is 17.4. The highest BCUT2D eigenvalue weighted by Gasteiger charge is 2.73. The van der Waals surface area contributed by atoms with Crippen molar-refractivity contribution >= 4 is 35.1 Å². The summed E-state index contributed by atoms with van der Waals surface area (Å²) >= 11 is 0. The molecular weight excluding hydrogens is 624 g/mol. The molecule has 5 bridgehead atoms. The Labute approximate surface area is 287 Å². The van der Waals surface area contributed by atoms with E-state index in [1.165, 1.54) is 0 Å². The fourth-order valence-electron chi connectivity index (χ4n) is 7.67. The second-order valence-corrected chi connectivity index (χ2v) is 13.0. The molecule has 4 aliphatic rings. The maximum atomic E-state index is 15.0. The molecule has 0 aromatic heterocycles. The first-order chi connectivity index (χ1) is 23.8. The normalized spacial score (nSPS) is 29.2. The monoisotopic (exact) mass is 670 g/mol. The Morgan fingerprint density at radius 2 is 1.71 bits per heavy atom. The SMILES string of the molecule is CCN(CC)c1ccc(N2C/C=C\CCC(=O)NC[C@@H](c3ccccc3)OC(=O)[C@@H]3[C@@H]4C=C[C@]5(O4)[C@H](C2=O)N(CCCCO)C(=O)[C@@H]35)cc1. The third-order valence-electron chi connectivity index (χ3n) is 10.2. The summed E-state index contributed by atoms with van der Waals surface area (Å²) in [4.78, 5) is 61.7. The topological polar surface area (TPSA) is 129 Å². The van der Waals surface area contributed by atoms with Gasteiger partial charge in [-0.1, -0.05) is 54.6 Å². The fraction of sp³-hybridized carbons (Fsp3) is 0.474. The molecule has 2 aromatic rings. The third kappa shape index (κ3) is 6.61. The minimum absolute atomic E-state index is 0.0458. The molecule has 0 unspecified atom stereocenters. The molecular formula is C38H46N4O7. The quantitative estimate of drug-likeness (QED) is 0.236. The van der Waals surface area contributed by atoms with E-state index < -0.39 is 41.7 Å². The van der Waals surface area contributed by atoms with E-state index >= 15 is 0 Å². The van der Waals surface area contributed by atoms with Gasteiger partial charge >= 0.3 is 5.97 Å². The van der Waals surface area contributed by atoms with E-state index in [9.17, 15) is 24.3 Å². The standard InChI is InChI=1S/C38H46N4O7/c1-3-40(4-2)27-16-18-28(19-17-27)41-22-10-6-9-15-31(44)39-25-30(26-13-7-5-8-14-26)48-37(47)32-29-20-21-38(49-29)33(32)35(45)42(23-11-12-24-43)34(38)36(41)46/h5-8,10,13-14,16-21,29-30,32-34,43H,3-4,9,11-12,15,22-25H2,1-2H3,(H,39,44)/b10-6-/t29-,30-,32+,33+,34-,38+/m0/s1. The average molecular weight is 671 g/mol. The first-order valence-electron chi connectivity index (χ1n) is 17.4. The molecule has 4 aliphatic heterocycles. The van der Waals surface area contributed by atoms with Crippen molar-refractivity contribution in [3.8, 4) is 0 Å². The minimum atomic E-state index is -1.37. The van der Waals surface area contributed by atoms with Crippen molar-refractivity contribution in [2.75, 3.05) is 49.1 Å². The summed E-state index contributed by atoms with van der Waals surface area (Å²) < 4.78 is 12.7. The molecule has 6 atom stereocenters. The number of anilines is 2. The van der Waals surface area contributed by atoms with Gasteiger partial charge in [0.15, 0.2) is 0 Å². The molecule has 11 heteroatoms. The highest BCUT2D eigenvalue weighted by Crippen LogP contribution is 2.56. The number of aliphatic hydroxyl groups is 1. The van der Waals surface area contributed by atoms with E-state index in [0.29, 0.717) is 30.5 Å². The Morgan fingerprint density at radius 3 is 2.43 bits per heavy atom. The van der Waals surface area contributed by atoms with Crippen LogP contribution in [-0.2, 0) is 28.7 Å². The Balaban J connectivity index is 1.40. The van der Waals surface area contributed by atoms with Crippen molar-refractivity contribution in [1.82, 2.24) is 10.2 Å². The molecule has 0 saturated carbocycles. The van der Waals surface area contributed by atoms with Gasteiger partial charge in [-0.25, -0.2) is 0 Å². The number of likely N-dealkylation sites (tertiary alicyclic amines) is 1. The lowest BCUT2D eigenvalue weighted by Crippen LogP contribution is -2.56. The molecule has 11 nitrogen and oxygen atoms in total. The van der Waals surface area contributed by atoms with Crippen molar-refractivity contribution in [3.63, 3.8) is 0 Å². The van der Waals surface area contributed by atoms with E-state index in [0.717, 1.165) is 18.8 Å². The number of benzene rings is 2. The Bertz CT molecular complexity index is 1570. The molecule has 260 valence electrons. The van der Waals surface area contributed by atoms with E-state index in [1.807, 2.05) is 66.7 Å². The smallest absolute Gasteiger partial charge is 0.313 e. The molecule has 6 rings (SSSR count). The van der Waals surface area contributed by atoms with Gasteiger partial charge in [0.05, 0.1) is 18.6 Å². The van der Waals surface area contributed by atoms with Crippen LogP contribution in [0.1, 0.15) is 51.2 Å². The van der Waals surface area contributed by atoms with Gasteiger partial charge in [-0.15, -0.1) is 0 Å². The zero-order valence-corrected chi connectivity index (χ0v) is 28.2. The number of hydrogen-bond donors (Lipinski definition) is 2. The number of nitrogens with one attached hydrogen (secondary N) is 1. The first kappa shape index (κ1) is 34.4. The maximum absolute atomic E-state index is 15.0. The Kier molecular flexibility index (Phi) is 10.5. The number of rotatable bonds is 9. The summed E-state index contributed by atoms with van der Waals surface area (Å²) in [5, 5.41) is 12.5. The van der Waals surface area contributed by atoms with Gasteiger partial charge in [0.1, 0.15) is 23.7 Å². The number of allylic oxidation sites excluding steroid dienone is 1. The van der Waals surface area contributed by atoms with Gasteiger partial charge in [0.25, 0.3) is 5.91 Å². The molecule has 2 fully saturated rings. The predicted molar refractivity (Wildman–Crippen MR) is 185 cm³/mol. The lowest BCUT2D eigenvalue weighted by molar-refractivity contribution is -0.159. The van der Waals surface area contributed by atoms with Crippen LogP contribution in [0.3, 0.4) is 0 Å². The average Bonchev–Trinajstić information content (AvgIpc) is 3.76. The number of hydrogen-bond acceptors (Lipinski definition) is 8. The largest absolute Gasteiger partial charge is 0.455 e. The molecule has 0 radical (unpaired) electrons. The van der Waals surface area contributed by atoms with E-state index in [2.05, 4.69) is 24.1 Å². The zero-order valence-electron chi connectivity index (χ0n) is 28.2. The number of esters is 1. The number of ether oxygens (including phenoxy) is 2. The van der Waals surface area contributed by atoms with Crippen LogP contribution >= 0.6 is 0 Å². The highest BCUT2D eigenvalue weighted by molar-refractivity contribution is 6.05. The number of carbonyl (C=O) groups is 4. The summed E-state index contributed by atoms with van der Waals surface area (Å²) in [5.41, 5.74) is 1.03. The predicted octanol–water partition coefficient (Wildman–Crippen LogP) is 3.54. The number of unbranched alkanes of at least 4 members (excludes halogenated alkanes) is 1. The van der Waals surface area contributed by atoms with Crippen LogP contribution < -0.4 is 15.1 Å². The Hall–Kier alpha value is -4.48. The molecule has 3 amide bonds. The van der Waals surface area contributed by atoms with Gasteiger partial charge < -0.3 is 34.6 Å². The van der Waals surface area contributed by atoms with Crippen LogP contribution in [0.15, 0.2) is 78.9 Å². The van der Waals surface area contributed by atoms with Crippen LogP contribution in [0.4, 0.5) is 11.4 Å². The number of nitrogens with zero attached hydrogens (tertiary/aromatic N) is 3. The lowest BCUT2D eigenvalue weighted by Gasteiger charge is -2.36. The lowest BCUT2D eigenvalue weighted by atomic mass is 9.74. The van der Waals surface area contributed by atoms with E-state index in [4.69, 9.17) is 9.47 Å². The zero-order chi connectivity index (χ0) is 34.5. The second kappa shape index (κ2) is 15.0. The summed E-state index contributed by atoms with van der Waals surface area (Å²) in [5.74, 6) is -3.43. The molecule has 4 heterocycles. The van der Waals surface area contributed by atoms with Gasteiger partial charge in [-0.2, -0.15) is 0 Å². The highest BCUT2D eigenvalue weighted by atomic mass is 16.6. The van der Waals surface area contributed by atoms with Crippen LogP contribution in [0.5, 0.6) is 0 Å². The summed E-state index contributed by atoms with van der Waals surface area (Å²) in [6, 6.07) is 15.9. The van der Waals surface area contributed by atoms with E-state index in [1.54, 1.807) is 22.0 Å². The van der Waals surface area contributed by atoms with Crippen LogP contribution in [0, 0.1) is 11.8 Å². The van der Waals surface area contributed by atoms with Gasteiger partial charge in [-0.3, -0.25) is 19.2 Å². The molecule has 0 aliphatic carbocycles. The maximum Gasteiger partial charge on any atom is 0.313 e.